The fourth-order valence-electron chi connectivity index (χ4n) is 5.13. The van der Waals surface area contributed by atoms with Crippen molar-refractivity contribution in [2.24, 2.45) is 10.9 Å². The topological polar surface area (TPSA) is 69.6 Å². The Bertz CT molecular complexity index is 738. The van der Waals surface area contributed by atoms with Gasteiger partial charge in [-0.2, -0.15) is 0 Å². The van der Waals surface area contributed by atoms with Gasteiger partial charge in [0.1, 0.15) is 0 Å². The van der Waals surface area contributed by atoms with Gasteiger partial charge in [0.2, 0.25) is 5.91 Å². The van der Waals surface area contributed by atoms with E-state index in [2.05, 4.69) is 22.5 Å². The number of hydrogen-bond donors (Lipinski definition) is 2. The lowest BCUT2D eigenvalue weighted by Crippen LogP contribution is -2.45. The number of aryl methyl sites for hydroxylation is 3. The predicted octanol–water partition coefficient (Wildman–Crippen LogP) is 4.31. The minimum absolute atomic E-state index is 0. The minimum atomic E-state index is 0. The Labute approximate surface area is 214 Å². The summed E-state index contributed by atoms with van der Waals surface area (Å²) in [7, 11) is 0. The molecule has 1 aliphatic heterocycles. The first-order chi connectivity index (χ1) is 15.2. The lowest BCUT2D eigenvalue weighted by atomic mass is 9.88. The molecule has 2 heterocycles. The Hall–Kier alpha value is -0.900. The Morgan fingerprint density at radius 1 is 1.16 bits per heavy atom. The van der Waals surface area contributed by atoms with E-state index >= 15 is 0 Å². The van der Waals surface area contributed by atoms with Crippen LogP contribution in [0.15, 0.2) is 4.99 Å². The fourth-order valence-corrected chi connectivity index (χ4v) is 6.33. The average Bonchev–Trinajstić information content (AvgIpc) is 3.43. The number of guanidine groups is 1. The van der Waals surface area contributed by atoms with E-state index in [0.717, 1.165) is 64.2 Å². The van der Waals surface area contributed by atoms with Crippen molar-refractivity contribution in [3.05, 3.63) is 15.6 Å². The van der Waals surface area contributed by atoms with Gasteiger partial charge in [0, 0.05) is 49.4 Å². The van der Waals surface area contributed by atoms with Crippen molar-refractivity contribution in [1.29, 1.82) is 0 Å². The van der Waals surface area contributed by atoms with Crippen LogP contribution in [-0.2, 0) is 24.1 Å². The first-order valence-electron chi connectivity index (χ1n) is 12.5. The third-order valence-corrected chi connectivity index (χ3v) is 8.07. The molecule has 1 atom stereocenters. The third kappa shape index (κ3) is 7.05. The van der Waals surface area contributed by atoms with Crippen LogP contribution in [0.2, 0.25) is 0 Å². The highest BCUT2D eigenvalue weighted by atomic mass is 127. The molecule has 1 saturated carbocycles. The molecule has 1 saturated heterocycles. The molecule has 32 heavy (non-hydrogen) atoms. The second kappa shape index (κ2) is 13.1. The second-order valence-corrected chi connectivity index (χ2v) is 10.5. The molecule has 4 rings (SSSR count). The molecule has 0 radical (unpaired) electrons. The van der Waals surface area contributed by atoms with Gasteiger partial charge in [0.15, 0.2) is 5.96 Å². The van der Waals surface area contributed by atoms with Crippen LogP contribution in [0, 0.1) is 5.92 Å². The van der Waals surface area contributed by atoms with E-state index in [4.69, 9.17) is 9.98 Å². The molecule has 2 N–H and O–H groups in total. The highest BCUT2D eigenvalue weighted by molar-refractivity contribution is 14.0. The van der Waals surface area contributed by atoms with Crippen molar-refractivity contribution < 1.29 is 4.79 Å². The molecule has 1 unspecified atom stereocenters. The molecule has 1 amide bonds. The number of nitrogens with zero attached hydrogens (tertiary/aromatic N) is 3. The van der Waals surface area contributed by atoms with Crippen molar-refractivity contribution in [3.8, 4) is 0 Å². The summed E-state index contributed by atoms with van der Waals surface area (Å²) in [5, 5.41) is 8.24. The number of carbonyl (C=O) groups excluding carboxylic acids is 1. The number of carbonyl (C=O) groups is 1. The van der Waals surface area contributed by atoms with Gasteiger partial charge >= 0.3 is 0 Å². The van der Waals surface area contributed by atoms with Gasteiger partial charge in [-0.15, -0.1) is 35.3 Å². The zero-order valence-electron chi connectivity index (χ0n) is 19.5. The molecular formula is C24H40IN5OS. The summed E-state index contributed by atoms with van der Waals surface area (Å²) in [6, 6.07) is 0.302. The van der Waals surface area contributed by atoms with E-state index in [-0.39, 0.29) is 29.9 Å². The maximum atomic E-state index is 12.8. The first-order valence-corrected chi connectivity index (χ1v) is 13.4. The van der Waals surface area contributed by atoms with Crippen LogP contribution in [0.4, 0.5) is 0 Å². The van der Waals surface area contributed by atoms with E-state index in [0.29, 0.717) is 11.9 Å². The highest BCUT2D eigenvalue weighted by Gasteiger charge is 2.31. The standard InChI is InChI=1S/C24H39N5OS.HI/c1-2-25-24(26-15-8-13-22-28-20-11-6-7-12-21(20)31-22)27-19-14-16-29(17-19)23(30)18-9-4-3-5-10-18;/h18-19H,2-17H2,1H3,(H2,25,26,27);1H. The van der Waals surface area contributed by atoms with Crippen molar-refractivity contribution in [2.75, 3.05) is 26.2 Å². The van der Waals surface area contributed by atoms with Crippen LogP contribution in [0.5, 0.6) is 0 Å². The van der Waals surface area contributed by atoms with Crippen LogP contribution in [-0.4, -0.2) is 54.0 Å². The number of likely N-dealkylation sites (tertiary alicyclic amines) is 1. The normalized spacial score (nSPS) is 21.7. The first kappa shape index (κ1) is 25.7. The Morgan fingerprint density at radius 3 is 2.75 bits per heavy atom. The van der Waals surface area contributed by atoms with Crippen LogP contribution < -0.4 is 10.6 Å². The summed E-state index contributed by atoms with van der Waals surface area (Å²) in [5.74, 6) is 1.54. The van der Waals surface area contributed by atoms with Gasteiger partial charge in [0.25, 0.3) is 0 Å². The lowest BCUT2D eigenvalue weighted by molar-refractivity contribution is -0.135. The van der Waals surface area contributed by atoms with Gasteiger partial charge < -0.3 is 15.5 Å². The van der Waals surface area contributed by atoms with Crippen molar-refractivity contribution in [1.82, 2.24) is 20.5 Å². The third-order valence-electron chi connectivity index (χ3n) is 6.85. The summed E-state index contributed by atoms with van der Waals surface area (Å²) in [5.41, 5.74) is 1.36. The average molecular weight is 574 g/mol. The van der Waals surface area contributed by atoms with Gasteiger partial charge in [-0.1, -0.05) is 19.3 Å². The van der Waals surface area contributed by atoms with Crippen LogP contribution >= 0.6 is 35.3 Å². The number of fused-ring (bicyclic) bond motifs is 1. The highest BCUT2D eigenvalue weighted by Crippen LogP contribution is 2.28. The number of halogens is 1. The zero-order chi connectivity index (χ0) is 21.5. The maximum absolute atomic E-state index is 12.8. The number of aliphatic imine (C=N–C) groups is 1. The number of hydrogen-bond acceptors (Lipinski definition) is 4. The Kier molecular flexibility index (Phi) is 10.5. The van der Waals surface area contributed by atoms with Crippen molar-refractivity contribution in [3.63, 3.8) is 0 Å². The SMILES string of the molecule is CCNC(=NCCCc1nc2c(s1)CCCC2)NC1CCN(C(=O)C2CCCCC2)C1.I. The van der Waals surface area contributed by atoms with Gasteiger partial charge in [-0.3, -0.25) is 9.79 Å². The van der Waals surface area contributed by atoms with E-state index in [1.807, 2.05) is 11.3 Å². The molecule has 0 bridgehead atoms. The molecule has 0 spiro atoms. The molecule has 3 aliphatic rings. The predicted molar refractivity (Wildman–Crippen MR) is 143 cm³/mol. The van der Waals surface area contributed by atoms with Gasteiger partial charge in [0.05, 0.1) is 10.7 Å². The zero-order valence-corrected chi connectivity index (χ0v) is 22.7. The van der Waals surface area contributed by atoms with E-state index in [1.165, 1.54) is 60.5 Å². The minimum Gasteiger partial charge on any atom is -0.357 e. The largest absolute Gasteiger partial charge is 0.357 e. The molecule has 2 aliphatic carbocycles. The smallest absolute Gasteiger partial charge is 0.225 e. The Balaban J connectivity index is 0.00000289. The summed E-state index contributed by atoms with van der Waals surface area (Å²) >= 11 is 1.92. The quantitative estimate of drug-likeness (QED) is 0.221. The molecule has 180 valence electrons. The van der Waals surface area contributed by atoms with Crippen molar-refractivity contribution in [2.45, 2.75) is 90.0 Å². The van der Waals surface area contributed by atoms with Gasteiger partial charge in [-0.25, -0.2) is 4.98 Å². The summed E-state index contributed by atoms with van der Waals surface area (Å²) in [6.45, 7) is 5.44. The number of aromatic nitrogens is 1. The molecule has 1 aromatic heterocycles. The molecule has 2 fully saturated rings. The van der Waals surface area contributed by atoms with E-state index in [9.17, 15) is 4.79 Å². The fraction of sp³-hybridized carbons (Fsp3) is 0.792. The lowest BCUT2D eigenvalue weighted by Gasteiger charge is -2.26. The van der Waals surface area contributed by atoms with Crippen LogP contribution in [0.3, 0.4) is 0 Å². The monoisotopic (exact) mass is 573 g/mol. The van der Waals surface area contributed by atoms with Crippen LogP contribution in [0.1, 0.15) is 80.3 Å². The Morgan fingerprint density at radius 2 is 1.97 bits per heavy atom. The van der Waals surface area contributed by atoms with Crippen molar-refractivity contribution >= 4 is 47.2 Å². The summed E-state index contributed by atoms with van der Waals surface area (Å²) in [6.07, 6.45) is 14.0. The van der Waals surface area contributed by atoms with Crippen LogP contribution in [0.25, 0.3) is 0 Å². The number of amides is 1. The summed E-state index contributed by atoms with van der Waals surface area (Å²) in [4.78, 5) is 26.1. The molecule has 6 nitrogen and oxygen atoms in total. The number of rotatable bonds is 7. The molecule has 1 aromatic rings. The maximum Gasteiger partial charge on any atom is 0.225 e. The summed E-state index contributed by atoms with van der Waals surface area (Å²) < 4.78 is 0. The van der Waals surface area contributed by atoms with E-state index < -0.39 is 0 Å². The molecular weight excluding hydrogens is 533 g/mol. The molecule has 8 heteroatoms. The van der Waals surface area contributed by atoms with Gasteiger partial charge in [-0.05, 0) is 58.3 Å². The number of nitrogens with one attached hydrogen (secondary N) is 2. The van der Waals surface area contributed by atoms with E-state index in [1.54, 1.807) is 0 Å². The molecule has 0 aromatic carbocycles. The number of thiazole rings is 1. The second-order valence-electron chi connectivity index (χ2n) is 9.30.